The lowest BCUT2D eigenvalue weighted by molar-refractivity contribution is -0.136. The average molecular weight is 455 g/mol. The molecule has 1 aliphatic heterocycles. The van der Waals surface area contributed by atoms with E-state index in [0.717, 1.165) is 19.2 Å². The van der Waals surface area contributed by atoms with Gasteiger partial charge in [-0.15, -0.1) is 0 Å². The zero-order valence-electron chi connectivity index (χ0n) is 18.1. The van der Waals surface area contributed by atoms with Crippen LogP contribution in [0.2, 0.25) is 0 Å². The molecule has 33 heavy (non-hydrogen) atoms. The maximum atomic E-state index is 13.8. The molecular weight excluding hydrogens is 431 g/mol. The predicted octanol–water partition coefficient (Wildman–Crippen LogP) is 5.50. The molecule has 0 atom stereocenters. The first-order valence-corrected chi connectivity index (χ1v) is 10.6. The number of hydrogen-bond donors (Lipinski definition) is 1. The zero-order valence-corrected chi connectivity index (χ0v) is 18.1. The predicted molar refractivity (Wildman–Crippen MR) is 122 cm³/mol. The molecule has 4 rings (SSSR count). The summed E-state index contributed by atoms with van der Waals surface area (Å²) in [5, 5.41) is 2.41. The van der Waals surface area contributed by atoms with E-state index in [-0.39, 0.29) is 11.3 Å². The van der Waals surface area contributed by atoms with E-state index in [1.165, 1.54) is 18.2 Å². The second-order valence-corrected chi connectivity index (χ2v) is 7.91. The van der Waals surface area contributed by atoms with E-state index in [1.54, 1.807) is 30.3 Å². The van der Waals surface area contributed by atoms with Crippen molar-refractivity contribution in [1.29, 1.82) is 0 Å². The Labute approximate surface area is 190 Å². The summed E-state index contributed by atoms with van der Waals surface area (Å²) >= 11 is 0. The summed E-state index contributed by atoms with van der Waals surface area (Å²) in [6.07, 6.45) is -4.60. The van der Waals surface area contributed by atoms with Crippen molar-refractivity contribution < 1.29 is 22.7 Å². The number of carbonyl (C=O) groups is 1. The normalized spacial score (nSPS) is 14.7. The van der Waals surface area contributed by atoms with Crippen LogP contribution in [0.15, 0.2) is 72.8 Å². The summed E-state index contributed by atoms with van der Waals surface area (Å²) in [6.45, 7) is 2.86. The Morgan fingerprint density at radius 3 is 2.15 bits per heavy atom. The maximum Gasteiger partial charge on any atom is 0.418 e. The first-order valence-electron chi connectivity index (χ1n) is 10.6. The standard InChI is InChI=1S/C25H24F3N3O2/c1-30-13-15-31(16-14-30)19-9-12-23(22(17-19)25(26,27)28)29-24(32)18-7-10-21(11-8-18)33-20-5-3-2-4-6-20/h2-12,17H,13-16H2,1H3,(H,29,32). The number of rotatable bonds is 5. The molecule has 0 unspecified atom stereocenters. The topological polar surface area (TPSA) is 44.8 Å². The first-order chi connectivity index (χ1) is 15.8. The van der Waals surface area contributed by atoms with Crippen LogP contribution in [0.4, 0.5) is 24.5 Å². The average Bonchev–Trinajstić information content (AvgIpc) is 2.80. The van der Waals surface area contributed by atoms with E-state index in [1.807, 2.05) is 30.1 Å². The van der Waals surface area contributed by atoms with Crippen molar-refractivity contribution >= 4 is 17.3 Å². The van der Waals surface area contributed by atoms with Gasteiger partial charge in [-0.25, -0.2) is 0 Å². The van der Waals surface area contributed by atoms with Gasteiger partial charge in [0.05, 0.1) is 11.3 Å². The number of benzene rings is 3. The molecule has 3 aromatic rings. The van der Waals surface area contributed by atoms with Crippen molar-refractivity contribution in [3.05, 3.63) is 83.9 Å². The lowest BCUT2D eigenvalue weighted by Crippen LogP contribution is -2.44. The third-order valence-corrected chi connectivity index (χ3v) is 5.52. The molecule has 1 saturated heterocycles. The van der Waals surface area contributed by atoms with Crippen LogP contribution in [0.5, 0.6) is 11.5 Å². The SMILES string of the molecule is CN1CCN(c2ccc(NC(=O)c3ccc(Oc4ccccc4)cc3)c(C(F)(F)F)c2)CC1. The number of halogens is 3. The highest BCUT2D eigenvalue weighted by molar-refractivity contribution is 6.04. The summed E-state index contributed by atoms with van der Waals surface area (Å²) in [6, 6.07) is 19.4. The number of nitrogens with zero attached hydrogens (tertiary/aromatic N) is 2. The van der Waals surface area contributed by atoms with E-state index in [0.29, 0.717) is 30.3 Å². The number of amides is 1. The molecule has 8 heteroatoms. The molecule has 1 fully saturated rings. The Hall–Kier alpha value is -3.52. The molecule has 3 aromatic carbocycles. The van der Waals surface area contributed by atoms with E-state index < -0.39 is 17.6 Å². The molecule has 1 amide bonds. The molecule has 0 aromatic heterocycles. The fourth-order valence-electron chi connectivity index (χ4n) is 3.63. The van der Waals surface area contributed by atoms with Crippen molar-refractivity contribution in [1.82, 2.24) is 4.90 Å². The molecule has 1 N–H and O–H groups in total. The largest absolute Gasteiger partial charge is 0.457 e. The van der Waals surface area contributed by atoms with Gasteiger partial charge in [0.1, 0.15) is 11.5 Å². The molecule has 5 nitrogen and oxygen atoms in total. The van der Waals surface area contributed by atoms with E-state index in [9.17, 15) is 18.0 Å². The molecule has 1 aliphatic rings. The number of ether oxygens (including phenoxy) is 1. The molecule has 172 valence electrons. The number of carbonyl (C=O) groups excluding carboxylic acids is 1. The van der Waals surface area contributed by atoms with Crippen molar-refractivity contribution in [3.63, 3.8) is 0 Å². The molecule has 0 spiro atoms. The summed E-state index contributed by atoms with van der Waals surface area (Å²) in [5.74, 6) is 0.536. The van der Waals surface area contributed by atoms with Crippen LogP contribution in [0.1, 0.15) is 15.9 Å². The highest BCUT2D eigenvalue weighted by Gasteiger charge is 2.35. The Balaban J connectivity index is 1.49. The van der Waals surface area contributed by atoms with Crippen molar-refractivity contribution in [2.24, 2.45) is 0 Å². The number of piperazine rings is 1. The van der Waals surface area contributed by atoms with Gasteiger partial charge in [0.2, 0.25) is 0 Å². The minimum atomic E-state index is -4.60. The van der Waals surface area contributed by atoms with Gasteiger partial charge in [-0.05, 0) is 61.6 Å². The Morgan fingerprint density at radius 2 is 1.52 bits per heavy atom. The van der Waals surface area contributed by atoms with Gasteiger partial charge < -0.3 is 19.9 Å². The van der Waals surface area contributed by atoms with Crippen LogP contribution in [-0.2, 0) is 6.18 Å². The van der Waals surface area contributed by atoms with Gasteiger partial charge in [0.25, 0.3) is 5.91 Å². The molecule has 0 aliphatic carbocycles. The van der Waals surface area contributed by atoms with Gasteiger partial charge in [0, 0.05) is 37.4 Å². The van der Waals surface area contributed by atoms with Crippen LogP contribution in [0.25, 0.3) is 0 Å². The van der Waals surface area contributed by atoms with E-state index in [4.69, 9.17) is 4.74 Å². The number of nitrogens with one attached hydrogen (secondary N) is 1. The molecule has 0 saturated carbocycles. The third-order valence-electron chi connectivity index (χ3n) is 5.52. The minimum absolute atomic E-state index is 0.228. The Morgan fingerprint density at radius 1 is 0.879 bits per heavy atom. The zero-order chi connectivity index (χ0) is 23.4. The number of anilines is 2. The number of likely N-dealkylation sites (N-methyl/N-ethyl adjacent to an activating group) is 1. The van der Waals surface area contributed by atoms with Gasteiger partial charge >= 0.3 is 6.18 Å². The fourth-order valence-corrected chi connectivity index (χ4v) is 3.63. The second-order valence-electron chi connectivity index (χ2n) is 7.91. The number of para-hydroxylation sites is 1. The highest BCUT2D eigenvalue weighted by atomic mass is 19.4. The van der Waals surface area contributed by atoms with Gasteiger partial charge in [-0.3, -0.25) is 4.79 Å². The highest BCUT2D eigenvalue weighted by Crippen LogP contribution is 2.38. The Kier molecular flexibility index (Phi) is 6.55. The van der Waals surface area contributed by atoms with Crippen LogP contribution in [0, 0.1) is 0 Å². The van der Waals surface area contributed by atoms with Gasteiger partial charge in [0.15, 0.2) is 0 Å². The molecule has 1 heterocycles. The van der Waals surface area contributed by atoms with E-state index in [2.05, 4.69) is 10.2 Å². The molecule has 0 radical (unpaired) electrons. The maximum absolute atomic E-state index is 13.8. The van der Waals surface area contributed by atoms with Gasteiger partial charge in [-0.2, -0.15) is 13.2 Å². The monoisotopic (exact) mass is 455 g/mol. The third kappa shape index (κ3) is 5.64. The van der Waals surface area contributed by atoms with Crippen LogP contribution in [0.3, 0.4) is 0 Å². The number of hydrogen-bond acceptors (Lipinski definition) is 4. The van der Waals surface area contributed by atoms with Crippen LogP contribution in [-0.4, -0.2) is 44.0 Å². The summed E-state index contributed by atoms with van der Waals surface area (Å²) in [5.41, 5.74) is -0.409. The second kappa shape index (κ2) is 9.54. The summed E-state index contributed by atoms with van der Waals surface area (Å²) < 4.78 is 47.0. The summed E-state index contributed by atoms with van der Waals surface area (Å²) in [4.78, 5) is 16.7. The Bertz CT molecular complexity index is 1090. The van der Waals surface area contributed by atoms with Crippen LogP contribution >= 0.6 is 0 Å². The van der Waals surface area contributed by atoms with Crippen molar-refractivity contribution in [2.75, 3.05) is 43.4 Å². The molecular formula is C25H24F3N3O2. The number of alkyl halides is 3. The quantitative estimate of drug-likeness (QED) is 0.552. The first kappa shape index (κ1) is 22.7. The fraction of sp³-hybridized carbons (Fsp3) is 0.240. The minimum Gasteiger partial charge on any atom is -0.457 e. The van der Waals surface area contributed by atoms with Gasteiger partial charge in [-0.1, -0.05) is 18.2 Å². The van der Waals surface area contributed by atoms with E-state index >= 15 is 0 Å². The van der Waals surface area contributed by atoms with Crippen molar-refractivity contribution in [3.8, 4) is 11.5 Å². The van der Waals surface area contributed by atoms with Crippen molar-refractivity contribution in [2.45, 2.75) is 6.18 Å². The van der Waals surface area contributed by atoms with Crippen LogP contribution < -0.4 is 15.0 Å². The lowest BCUT2D eigenvalue weighted by atomic mass is 10.1. The lowest BCUT2D eigenvalue weighted by Gasteiger charge is -2.34. The summed E-state index contributed by atoms with van der Waals surface area (Å²) in [7, 11) is 1.98. The molecule has 0 bridgehead atoms. The smallest absolute Gasteiger partial charge is 0.418 e.